The lowest BCUT2D eigenvalue weighted by Crippen LogP contribution is -2.42. The number of nitriles is 1. The van der Waals surface area contributed by atoms with Crippen LogP contribution in [0.15, 0.2) is 52.0 Å². The Bertz CT molecular complexity index is 1490. The van der Waals surface area contributed by atoms with Crippen LogP contribution in [0.3, 0.4) is 0 Å². The maximum atomic E-state index is 13.3. The van der Waals surface area contributed by atoms with Crippen molar-refractivity contribution in [2.75, 3.05) is 24.5 Å². The molecule has 9 nitrogen and oxygen atoms in total. The van der Waals surface area contributed by atoms with Gasteiger partial charge in [-0.05, 0) is 50.5 Å². The number of fused-ring (bicyclic) bond motifs is 1. The summed E-state index contributed by atoms with van der Waals surface area (Å²) < 4.78 is 5.65. The zero-order chi connectivity index (χ0) is 26.4. The van der Waals surface area contributed by atoms with E-state index in [1.165, 1.54) is 11.1 Å². The minimum atomic E-state index is -0.407. The molecule has 4 heterocycles. The lowest BCUT2D eigenvalue weighted by Gasteiger charge is -2.32. The number of likely N-dealkylation sites (tertiary alicyclic amines) is 1. The summed E-state index contributed by atoms with van der Waals surface area (Å²) in [5.74, 6) is 0.717. The molecule has 6 rings (SSSR count). The normalized spacial score (nSPS) is 21.4. The number of carbonyl (C=O) groups excluding carboxylic acids is 2. The van der Waals surface area contributed by atoms with Gasteiger partial charge in [0, 0.05) is 48.8 Å². The summed E-state index contributed by atoms with van der Waals surface area (Å²) in [4.78, 5) is 38.7. The quantitative estimate of drug-likeness (QED) is 0.520. The van der Waals surface area contributed by atoms with E-state index >= 15 is 0 Å². The molecule has 0 spiro atoms. The Morgan fingerprint density at radius 1 is 1.16 bits per heavy atom. The number of piperidine rings is 1. The number of benzene rings is 2. The fourth-order valence-electron chi connectivity index (χ4n) is 5.84. The van der Waals surface area contributed by atoms with Crippen molar-refractivity contribution in [1.82, 2.24) is 15.0 Å². The second-order valence-electron chi connectivity index (χ2n) is 10.3. The molecule has 3 aliphatic heterocycles. The van der Waals surface area contributed by atoms with E-state index in [0.29, 0.717) is 42.6 Å². The van der Waals surface area contributed by atoms with E-state index in [0.717, 1.165) is 24.1 Å². The van der Waals surface area contributed by atoms with Crippen molar-refractivity contribution in [3.8, 4) is 17.5 Å². The summed E-state index contributed by atoms with van der Waals surface area (Å²) in [5, 5.41) is 13.6. The summed E-state index contributed by atoms with van der Waals surface area (Å²) in [6.45, 7) is 5.56. The van der Waals surface area contributed by atoms with Crippen LogP contribution in [0.25, 0.3) is 11.4 Å². The highest BCUT2D eigenvalue weighted by Crippen LogP contribution is 2.35. The van der Waals surface area contributed by atoms with Gasteiger partial charge in [0.1, 0.15) is 6.07 Å². The van der Waals surface area contributed by atoms with Gasteiger partial charge in [0.15, 0.2) is 0 Å². The van der Waals surface area contributed by atoms with Crippen LogP contribution in [0.2, 0.25) is 0 Å². The van der Waals surface area contributed by atoms with E-state index in [1.54, 1.807) is 29.2 Å². The molecule has 2 fully saturated rings. The first-order chi connectivity index (χ1) is 18.4. The van der Waals surface area contributed by atoms with Gasteiger partial charge in [-0.25, -0.2) is 0 Å². The second kappa shape index (κ2) is 9.53. The predicted octanol–water partition coefficient (Wildman–Crippen LogP) is 4.25. The predicted molar refractivity (Wildman–Crippen MR) is 141 cm³/mol. The number of nitrogens with zero attached hydrogens (tertiary/aromatic N) is 6. The average molecular weight is 509 g/mol. The molecule has 38 heavy (non-hydrogen) atoms. The number of aliphatic imine (C=N–C) groups is 1. The molecule has 2 unspecified atom stereocenters. The largest absolute Gasteiger partial charge is 0.342 e. The minimum absolute atomic E-state index is 0.00951. The minimum Gasteiger partial charge on any atom is -0.342 e. The maximum Gasteiger partial charge on any atom is 0.230 e. The molecule has 3 aliphatic rings. The average Bonchev–Trinajstić information content (AvgIpc) is 3.66. The Labute approximate surface area is 220 Å². The van der Waals surface area contributed by atoms with Crippen molar-refractivity contribution in [1.29, 1.82) is 5.26 Å². The first kappa shape index (κ1) is 24.0. The van der Waals surface area contributed by atoms with Gasteiger partial charge in [0.2, 0.25) is 23.5 Å². The summed E-state index contributed by atoms with van der Waals surface area (Å²) in [6, 6.07) is 15.4. The number of hydrogen-bond donors (Lipinski definition) is 0. The van der Waals surface area contributed by atoms with Crippen LogP contribution < -0.4 is 4.90 Å². The fourth-order valence-corrected chi connectivity index (χ4v) is 5.84. The zero-order valence-electron chi connectivity index (χ0n) is 21.4. The van der Waals surface area contributed by atoms with Crippen molar-refractivity contribution in [3.63, 3.8) is 0 Å². The number of amides is 2. The summed E-state index contributed by atoms with van der Waals surface area (Å²) in [7, 11) is 0. The van der Waals surface area contributed by atoms with Crippen molar-refractivity contribution in [2.45, 2.75) is 45.1 Å². The van der Waals surface area contributed by atoms with Gasteiger partial charge in [0.25, 0.3) is 0 Å². The van der Waals surface area contributed by atoms with Gasteiger partial charge in [-0.2, -0.15) is 10.2 Å². The van der Waals surface area contributed by atoms with Gasteiger partial charge in [-0.1, -0.05) is 29.4 Å². The van der Waals surface area contributed by atoms with E-state index in [-0.39, 0.29) is 30.2 Å². The van der Waals surface area contributed by atoms with E-state index in [9.17, 15) is 14.9 Å². The van der Waals surface area contributed by atoms with Crippen molar-refractivity contribution >= 4 is 23.2 Å². The number of carbonyl (C=O) groups is 2. The van der Waals surface area contributed by atoms with Crippen molar-refractivity contribution in [3.05, 3.63) is 65.0 Å². The van der Waals surface area contributed by atoms with Gasteiger partial charge < -0.3 is 14.3 Å². The smallest absolute Gasteiger partial charge is 0.230 e. The highest BCUT2D eigenvalue weighted by molar-refractivity contribution is 6.03. The molecule has 1 aromatic heterocycles. The molecule has 2 aromatic carbocycles. The molecule has 9 heteroatoms. The molecule has 0 aliphatic carbocycles. The molecule has 0 radical (unpaired) electrons. The molecule has 0 saturated carbocycles. The standard InChI is InChI=1S/C29H28N6O3/c1-17-23-8-7-20(13-24(23)18(2)31-17)27-32-28(38-33-27)19-9-11-34(12-10-19)29(37)22-14-26(36)35(16-22)25-6-4-3-5-21(25)15-30/h3-8,13,18-19,22H,9-12,14,16H2,1-2H3. The first-order valence-corrected chi connectivity index (χ1v) is 13.0. The van der Waals surface area contributed by atoms with Gasteiger partial charge in [-0.3, -0.25) is 14.6 Å². The molecule has 2 saturated heterocycles. The number of rotatable bonds is 4. The monoisotopic (exact) mass is 508 g/mol. The zero-order valence-corrected chi connectivity index (χ0v) is 21.4. The number of para-hydroxylation sites is 1. The number of aromatic nitrogens is 2. The van der Waals surface area contributed by atoms with Crippen LogP contribution in [-0.2, 0) is 9.59 Å². The molecule has 0 N–H and O–H groups in total. The fraction of sp³-hybridized carbons (Fsp3) is 0.379. The van der Waals surface area contributed by atoms with Crippen LogP contribution in [0.4, 0.5) is 5.69 Å². The summed E-state index contributed by atoms with van der Waals surface area (Å²) in [6.07, 6.45) is 1.61. The molecule has 192 valence electrons. The number of anilines is 1. The van der Waals surface area contributed by atoms with Crippen LogP contribution >= 0.6 is 0 Å². The van der Waals surface area contributed by atoms with Crippen molar-refractivity contribution < 1.29 is 14.1 Å². The lowest BCUT2D eigenvalue weighted by molar-refractivity contribution is -0.136. The molecular weight excluding hydrogens is 480 g/mol. The highest BCUT2D eigenvalue weighted by Gasteiger charge is 2.39. The Morgan fingerprint density at radius 3 is 2.74 bits per heavy atom. The van der Waals surface area contributed by atoms with E-state index in [2.05, 4.69) is 35.3 Å². The number of hydrogen-bond acceptors (Lipinski definition) is 7. The Hall–Kier alpha value is -4.32. The lowest BCUT2D eigenvalue weighted by atomic mass is 9.95. The summed E-state index contributed by atoms with van der Waals surface area (Å²) >= 11 is 0. The summed E-state index contributed by atoms with van der Waals surface area (Å²) in [5.41, 5.74) is 5.32. The molecular formula is C29H28N6O3. The first-order valence-electron chi connectivity index (χ1n) is 13.0. The molecule has 0 bridgehead atoms. The van der Waals surface area contributed by atoms with E-state index in [1.807, 2.05) is 17.9 Å². The topological polar surface area (TPSA) is 116 Å². The third-order valence-corrected chi connectivity index (χ3v) is 7.92. The van der Waals surface area contributed by atoms with Crippen LogP contribution in [-0.4, -0.2) is 52.2 Å². The van der Waals surface area contributed by atoms with Crippen LogP contribution in [0, 0.1) is 17.2 Å². The second-order valence-corrected chi connectivity index (χ2v) is 10.3. The van der Waals surface area contributed by atoms with Crippen molar-refractivity contribution in [2.24, 2.45) is 10.9 Å². The third kappa shape index (κ3) is 4.16. The Kier molecular flexibility index (Phi) is 6.03. The Morgan fingerprint density at radius 2 is 1.95 bits per heavy atom. The Balaban J connectivity index is 1.08. The molecule has 2 atom stereocenters. The van der Waals surface area contributed by atoms with E-state index < -0.39 is 5.92 Å². The maximum absolute atomic E-state index is 13.3. The van der Waals surface area contributed by atoms with Crippen LogP contribution in [0.1, 0.15) is 67.7 Å². The van der Waals surface area contributed by atoms with Gasteiger partial charge >= 0.3 is 0 Å². The van der Waals surface area contributed by atoms with Gasteiger partial charge in [-0.15, -0.1) is 0 Å². The van der Waals surface area contributed by atoms with E-state index in [4.69, 9.17) is 9.51 Å². The van der Waals surface area contributed by atoms with Gasteiger partial charge in [0.05, 0.1) is 23.2 Å². The van der Waals surface area contributed by atoms with Crippen LogP contribution in [0.5, 0.6) is 0 Å². The highest BCUT2D eigenvalue weighted by atomic mass is 16.5. The molecule has 2 amide bonds. The third-order valence-electron chi connectivity index (χ3n) is 7.92. The molecule has 3 aromatic rings. The SMILES string of the molecule is CC1=NC(C)c2cc(-c3noc(C4CCN(C(=O)C5CC(=O)N(c6ccccc6C#N)C5)CC4)n3)ccc21.